The lowest BCUT2D eigenvalue weighted by Gasteiger charge is -2.08. The van der Waals surface area contributed by atoms with Crippen LogP contribution in [0.1, 0.15) is 26.7 Å². The summed E-state index contributed by atoms with van der Waals surface area (Å²) in [5.74, 6) is 0.831. The molecule has 0 radical (unpaired) electrons. The summed E-state index contributed by atoms with van der Waals surface area (Å²) in [5.41, 5.74) is 8.53. The number of ether oxygens (including phenoxy) is 1. The van der Waals surface area contributed by atoms with E-state index in [2.05, 4.69) is 12.0 Å². The molecule has 0 fully saturated rings. The normalized spacial score (nSPS) is 10.6. The zero-order valence-corrected chi connectivity index (χ0v) is 11.6. The zero-order chi connectivity index (χ0) is 13.7. The fourth-order valence-corrected chi connectivity index (χ4v) is 2.02. The molecular formula is C15H21N3O. The Morgan fingerprint density at radius 1 is 1.26 bits per heavy atom. The van der Waals surface area contributed by atoms with Gasteiger partial charge in [-0.25, -0.2) is 0 Å². The van der Waals surface area contributed by atoms with Gasteiger partial charge in [-0.1, -0.05) is 25.5 Å². The van der Waals surface area contributed by atoms with Crippen molar-refractivity contribution in [1.29, 1.82) is 0 Å². The van der Waals surface area contributed by atoms with Crippen LogP contribution in [0, 0.1) is 0 Å². The number of unbranched alkanes of at least 4 members (excludes halogenated alkanes) is 1. The van der Waals surface area contributed by atoms with E-state index in [-0.39, 0.29) is 0 Å². The molecule has 0 amide bonds. The molecule has 0 aliphatic carbocycles. The molecule has 0 spiro atoms. The number of hydrogen-bond donors (Lipinski definition) is 1. The summed E-state index contributed by atoms with van der Waals surface area (Å²) in [6, 6.07) is 7.87. The van der Waals surface area contributed by atoms with Crippen LogP contribution >= 0.6 is 0 Å². The van der Waals surface area contributed by atoms with Crippen molar-refractivity contribution in [3.8, 4) is 17.0 Å². The van der Waals surface area contributed by atoms with Crippen LogP contribution < -0.4 is 10.5 Å². The first-order chi connectivity index (χ1) is 9.26. The number of aromatic nitrogens is 2. The Morgan fingerprint density at radius 3 is 2.79 bits per heavy atom. The molecule has 1 aromatic heterocycles. The lowest BCUT2D eigenvalue weighted by atomic mass is 10.1. The van der Waals surface area contributed by atoms with Crippen molar-refractivity contribution >= 4 is 5.69 Å². The predicted molar refractivity (Wildman–Crippen MR) is 78.2 cm³/mol. The van der Waals surface area contributed by atoms with Gasteiger partial charge in [0.25, 0.3) is 0 Å². The number of rotatable bonds is 6. The van der Waals surface area contributed by atoms with E-state index in [1.54, 1.807) is 0 Å². The van der Waals surface area contributed by atoms with Gasteiger partial charge in [0.05, 0.1) is 12.3 Å². The van der Waals surface area contributed by atoms with E-state index in [1.807, 2.05) is 42.1 Å². The van der Waals surface area contributed by atoms with E-state index in [0.29, 0.717) is 12.3 Å². The first-order valence-electron chi connectivity index (χ1n) is 6.81. The third kappa shape index (κ3) is 3.08. The second-order valence-electron chi connectivity index (χ2n) is 4.48. The highest BCUT2D eigenvalue weighted by Gasteiger charge is 2.12. The van der Waals surface area contributed by atoms with Gasteiger partial charge in [0.15, 0.2) is 0 Å². The van der Waals surface area contributed by atoms with Gasteiger partial charge in [0, 0.05) is 18.3 Å². The van der Waals surface area contributed by atoms with Gasteiger partial charge in [-0.15, -0.1) is 0 Å². The van der Waals surface area contributed by atoms with Crippen molar-refractivity contribution in [3.63, 3.8) is 0 Å². The van der Waals surface area contributed by atoms with Crippen molar-refractivity contribution in [3.05, 3.63) is 30.5 Å². The molecule has 19 heavy (non-hydrogen) atoms. The second kappa shape index (κ2) is 6.27. The summed E-state index contributed by atoms with van der Waals surface area (Å²) in [5, 5.41) is 4.57. The number of anilines is 1. The van der Waals surface area contributed by atoms with Crippen molar-refractivity contribution < 1.29 is 4.74 Å². The Kier molecular flexibility index (Phi) is 4.44. The molecule has 4 heteroatoms. The topological polar surface area (TPSA) is 53.1 Å². The minimum Gasteiger partial charge on any atom is -0.493 e. The molecule has 0 bridgehead atoms. The number of hydrogen-bond acceptors (Lipinski definition) is 3. The van der Waals surface area contributed by atoms with E-state index in [0.717, 1.165) is 36.4 Å². The Labute approximate surface area is 114 Å². The largest absolute Gasteiger partial charge is 0.493 e. The standard InChI is InChI=1S/C15H21N3O/c1-3-5-10-18-11-13(16)15(17-18)12-8-6-7-9-14(12)19-4-2/h6-9,11H,3-5,10,16H2,1-2H3. The molecule has 0 aliphatic rings. The smallest absolute Gasteiger partial charge is 0.128 e. The molecule has 2 N–H and O–H groups in total. The minimum atomic E-state index is 0.632. The van der Waals surface area contributed by atoms with Gasteiger partial charge in [0.1, 0.15) is 11.4 Å². The number of nitrogen functional groups attached to an aromatic ring is 1. The molecule has 0 saturated heterocycles. The summed E-state index contributed by atoms with van der Waals surface area (Å²) >= 11 is 0. The van der Waals surface area contributed by atoms with Crippen LogP contribution in [0.4, 0.5) is 5.69 Å². The van der Waals surface area contributed by atoms with Crippen molar-refractivity contribution in [1.82, 2.24) is 9.78 Å². The Bertz CT molecular complexity index is 534. The second-order valence-corrected chi connectivity index (χ2v) is 4.48. The third-order valence-electron chi connectivity index (χ3n) is 2.97. The number of para-hydroxylation sites is 1. The summed E-state index contributed by atoms with van der Waals surface area (Å²) in [7, 11) is 0. The average Bonchev–Trinajstić information content (AvgIpc) is 2.78. The Balaban J connectivity index is 2.33. The molecule has 0 aliphatic heterocycles. The van der Waals surface area contributed by atoms with Gasteiger partial charge in [-0.05, 0) is 25.5 Å². The Morgan fingerprint density at radius 2 is 2.05 bits per heavy atom. The minimum absolute atomic E-state index is 0.632. The van der Waals surface area contributed by atoms with Gasteiger partial charge in [0.2, 0.25) is 0 Å². The molecule has 0 atom stereocenters. The van der Waals surface area contributed by atoms with Crippen LogP contribution in [0.5, 0.6) is 5.75 Å². The van der Waals surface area contributed by atoms with Gasteiger partial charge < -0.3 is 10.5 Å². The zero-order valence-electron chi connectivity index (χ0n) is 11.6. The van der Waals surface area contributed by atoms with E-state index in [1.165, 1.54) is 0 Å². The van der Waals surface area contributed by atoms with Crippen molar-refractivity contribution in [2.45, 2.75) is 33.2 Å². The number of nitrogens with two attached hydrogens (primary N) is 1. The third-order valence-corrected chi connectivity index (χ3v) is 2.97. The van der Waals surface area contributed by atoms with E-state index >= 15 is 0 Å². The van der Waals surface area contributed by atoms with E-state index in [9.17, 15) is 0 Å². The predicted octanol–water partition coefficient (Wildman–Crippen LogP) is 3.33. The number of aryl methyl sites for hydroxylation is 1. The maximum absolute atomic E-state index is 6.07. The molecule has 2 rings (SSSR count). The highest BCUT2D eigenvalue weighted by Crippen LogP contribution is 2.32. The summed E-state index contributed by atoms with van der Waals surface area (Å²) in [6.45, 7) is 5.67. The van der Waals surface area contributed by atoms with Crippen molar-refractivity contribution in [2.24, 2.45) is 0 Å². The van der Waals surface area contributed by atoms with Gasteiger partial charge >= 0.3 is 0 Å². The van der Waals surface area contributed by atoms with E-state index in [4.69, 9.17) is 10.5 Å². The highest BCUT2D eigenvalue weighted by atomic mass is 16.5. The van der Waals surface area contributed by atoms with Crippen LogP contribution in [0.15, 0.2) is 30.5 Å². The maximum Gasteiger partial charge on any atom is 0.128 e. The van der Waals surface area contributed by atoms with Gasteiger partial charge in [-0.3, -0.25) is 4.68 Å². The molecule has 0 saturated carbocycles. The highest BCUT2D eigenvalue weighted by molar-refractivity contribution is 5.76. The fourth-order valence-electron chi connectivity index (χ4n) is 2.02. The molecule has 1 heterocycles. The van der Waals surface area contributed by atoms with E-state index < -0.39 is 0 Å². The van der Waals surface area contributed by atoms with Crippen LogP contribution in [-0.4, -0.2) is 16.4 Å². The quantitative estimate of drug-likeness (QED) is 0.865. The Hall–Kier alpha value is -1.97. The molecular weight excluding hydrogens is 238 g/mol. The first kappa shape index (κ1) is 13.5. The molecule has 102 valence electrons. The van der Waals surface area contributed by atoms with Crippen LogP contribution in [0.25, 0.3) is 11.3 Å². The van der Waals surface area contributed by atoms with Crippen LogP contribution in [0.3, 0.4) is 0 Å². The summed E-state index contributed by atoms with van der Waals surface area (Å²) in [6.07, 6.45) is 4.14. The lowest BCUT2D eigenvalue weighted by Crippen LogP contribution is -1.99. The molecule has 4 nitrogen and oxygen atoms in total. The average molecular weight is 259 g/mol. The van der Waals surface area contributed by atoms with Crippen LogP contribution in [-0.2, 0) is 6.54 Å². The number of benzene rings is 1. The summed E-state index contributed by atoms with van der Waals surface area (Å²) < 4.78 is 7.55. The van der Waals surface area contributed by atoms with Gasteiger partial charge in [-0.2, -0.15) is 5.10 Å². The molecule has 0 unspecified atom stereocenters. The lowest BCUT2D eigenvalue weighted by molar-refractivity contribution is 0.341. The monoisotopic (exact) mass is 259 g/mol. The molecule has 2 aromatic rings. The maximum atomic E-state index is 6.07. The fraction of sp³-hybridized carbons (Fsp3) is 0.400. The molecule has 1 aromatic carbocycles. The SMILES string of the molecule is CCCCn1cc(N)c(-c2ccccc2OCC)n1. The van der Waals surface area contributed by atoms with Crippen LogP contribution in [0.2, 0.25) is 0 Å². The summed E-state index contributed by atoms with van der Waals surface area (Å²) in [4.78, 5) is 0. The first-order valence-corrected chi connectivity index (χ1v) is 6.81. The number of nitrogens with zero attached hydrogens (tertiary/aromatic N) is 2. The van der Waals surface area contributed by atoms with Crippen molar-refractivity contribution in [2.75, 3.05) is 12.3 Å².